The predicted octanol–water partition coefficient (Wildman–Crippen LogP) is 2.31. The van der Waals surface area contributed by atoms with Crippen molar-refractivity contribution in [2.24, 2.45) is 0 Å². The van der Waals surface area contributed by atoms with Gasteiger partial charge < -0.3 is 10.6 Å². The molecule has 1 aliphatic carbocycles. The van der Waals surface area contributed by atoms with Crippen molar-refractivity contribution < 1.29 is 4.79 Å². The molecule has 1 saturated heterocycles. The van der Waals surface area contributed by atoms with Crippen LogP contribution in [0.3, 0.4) is 0 Å². The van der Waals surface area contributed by atoms with Crippen LogP contribution < -0.4 is 10.6 Å². The van der Waals surface area contributed by atoms with Gasteiger partial charge in [0.1, 0.15) is 0 Å². The van der Waals surface area contributed by atoms with Crippen molar-refractivity contribution in [1.29, 1.82) is 0 Å². The summed E-state index contributed by atoms with van der Waals surface area (Å²) in [7, 11) is 0. The van der Waals surface area contributed by atoms with Gasteiger partial charge in [-0.05, 0) is 58.2 Å². The van der Waals surface area contributed by atoms with Crippen LogP contribution in [0.4, 0.5) is 0 Å². The van der Waals surface area contributed by atoms with Gasteiger partial charge in [-0.2, -0.15) is 11.8 Å². The van der Waals surface area contributed by atoms with Gasteiger partial charge in [0, 0.05) is 11.3 Å². The maximum atomic E-state index is 12.4. The highest BCUT2D eigenvalue weighted by Crippen LogP contribution is 2.27. The van der Waals surface area contributed by atoms with Crippen molar-refractivity contribution in [2.75, 3.05) is 12.8 Å². The van der Waals surface area contributed by atoms with E-state index in [4.69, 9.17) is 0 Å². The molecule has 0 aromatic heterocycles. The third kappa shape index (κ3) is 3.41. The summed E-state index contributed by atoms with van der Waals surface area (Å²) in [6, 6.07) is 0.393. The summed E-state index contributed by atoms with van der Waals surface area (Å²) in [6.07, 6.45) is 10.4. The molecule has 3 unspecified atom stereocenters. The number of hydrogen-bond donors (Lipinski definition) is 2. The molecule has 1 aliphatic heterocycles. The van der Waals surface area contributed by atoms with Gasteiger partial charge in [0.25, 0.3) is 0 Å². The molecule has 3 atom stereocenters. The Kier molecular flexibility index (Phi) is 4.96. The maximum Gasteiger partial charge on any atom is 0.240 e. The van der Waals surface area contributed by atoms with Gasteiger partial charge in [-0.15, -0.1) is 0 Å². The molecular weight excluding hydrogens is 244 g/mol. The van der Waals surface area contributed by atoms with E-state index in [9.17, 15) is 4.79 Å². The molecule has 0 spiro atoms. The average Bonchev–Trinajstić information content (AvgIpc) is 2.40. The molecule has 1 amide bonds. The summed E-state index contributed by atoms with van der Waals surface area (Å²) in [4.78, 5) is 12.4. The molecule has 1 heterocycles. The first-order chi connectivity index (χ1) is 8.64. The van der Waals surface area contributed by atoms with Crippen LogP contribution in [0.25, 0.3) is 0 Å². The molecule has 4 heteroatoms. The minimum absolute atomic E-state index is 0.217. The van der Waals surface area contributed by atoms with Gasteiger partial charge in [0.05, 0.1) is 5.54 Å². The summed E-state index contributed by atoms with van der Waals surface area (Å²) < 4.78 is 0. The molecule has 0 aromatic carbocycles. The Morgan fingerprint density at radius 2 is 2.17 bits per heavy atom. The van der Waals surface area contributed by atoms with Crippen LogP contribution in [0, 0.1) is 0 Å². The van der Waals surface area contributed by atoms with Crippen LogP contribution in [0.15, 0.2) is 0 Å². The van der Waals surface area contributed by atoms with Crippen molar-refractivity contribution in [1.82, 2.24) is 10.6 Å². The Bertz CT molecular complexity index is 290. The van der Waals surface area contributed by atoms with Crippen LogP contribution in [0.5, 0.6) is 0 Å². The number of amides is 1. The first-order valence-corrected chi connectivity index (χ1v) is 8.51. The summed E-state index contributed by atoms with van der Waals surface area (Å²) in [6.45, 7) is 3.03. The minimum atomic E-state index is -0.329. The number of carbonyl (C=O) groups is 1. The first-order valence-electron chi connectivity index (χ1n) is 7.23. The maximum absolute atomic E-state index is 12.4. The van der Waals surface area contributed by atoms with Crippen molar-refractivity contribution in [3.8, 4) is 0 Å². The van der Waals surface area contributed by atoms with E-state index in [1.807, 2.05) is 11.8 Å². The lowest BCUT2D eigenvalue weighted by Gasteiger charge is -2.36. The quantitative estimate of drug-likeness (QED) is 0.827. The Morgan fingerprint density at radius 3 is 2.83 bits per heavy atom. The Balaban J connectivity index is 1.86. The molecule has 0 radical (unpaired) electrons. The first kappa shape index (κ1) is 14.2. The number of hydrogen-bond acceptors (Lipinski definition) is 3. The molecular formula is C14H26N2OS. The molecule has 3 nitrogen and oxygen atoms in total. The minimum Gasteiger partial charge on any atom is -0.352 e. The Morgan fingerprint density at radius 1 is 1.33 bits per heavy atom. The lowest BCUT2D eigenvalue weighted by Crippen LogP contribution is -2.59. The highest BCUT2D eigenvalue weighted by Gasteiger charge is 2.35. The fraction of sp³-hybridized carbons (Fsp3) is 0.929. The fourth-order valence-electron chi connectivity index (χ4n) is 3.08. The van der Waals surface area contributed by atoms with E-state index in [0.29, 0.717) is 6.04 Å². The monoisotopic (exact) mass is 270 g/mol. The summed E-state index contributed by atoms with van der Waals surface area (Å²) in [5.74, 6) is 0.217. The molecule has 104 valence electrons. The second-order valence-corrected chi connectivity index (χ2v) is 7.05. The number of carbonyl (C=O) groups excluding carboxylic acids is 1. The van der Waals surface area contributed by atoms with E-state index in [2.05, 4.69) is 23.8 Å². The van der Waals surface area contributed by atoms with Crippen molar-refractivity contribution in [2.45, 2.75) is 68.7 Å². The van der Waals surface area contributed by atoms with Crippen molar-refractivity contribution in [3.63, 3.8) is 0 Å². The standard InChI is InChI=1S/C14H26N2OS/c1-14(8-3-4-9-15-14)13(17)16-11-6-5-7-12(10-11)18-2/h11-12,15H,3-10H2,1-2H3,(H,16,17). The zero-order valence-corrected chi connectivity index (χ0v) is 12.4. The Hall–Kier alpha value is -0.220. The third-order valence-corrected chi connectivity index (χ3v) is 5.51. The van der Waals surface area contributed by atoms with E-state index < -0.39 is 0 Å². The van der Waals surface area contributed by atoms with Gasteiger partial charge >= 0.3 is 0 Å². The molecule has 2 aliphatic rings. The van der Waals surface area contributed by atoms with Crippen molar-refractivity contribution >= 4 is 17.7 Å². The summed E-state index contributed by atoms with van der Waals surface area (Å²) >= 11 is 1.94. The fourth-order valence-corrected chi connectivity index (χ4v) is 3.91. The molecule has 2 fully saturated rings. The topological polar surface area (TPSA) is 41.1 Å². The number of thioether (sulfide) groups is 1. The van der Waals surface area contributed by atoms with E-state index in [-0.39, 0.29) is 11.4 Å². The van der Waals surface area contributed by atoms with Gasteiger partial charge in [-0.1, -0.05) is 6.42 Å². The number of piperidine rings is 1. The number of rotatable bonds is 3. The van der Waals surface area contributed by atoms with Gasteiger partial charge in [0.15, 0.2) is 0 Å². The van der Waals surface area contributed by atoms with Crippen LogP contribution in [-0.4, -0.2) is 35.5 Å². The summed E-state index contributed by atoms with van der Waals surface area (Å²) in [5, 5.41) is 7.40. The van der Waals surface area contributed by atoms with Gasteiger partial charge in [-0.25, -0.2) is 0 Å². The molecule has 0 aromatic rings. The average molecular weight is 270 g/mol. The van der Waals surface area contributed by atoms with Crippen LogP contribution >= 0.6 is 11.8 Å². The highest BCUT2D eigenvalue weighted by atomic mass is 32.2. The molecule has 0 bridgehead atoms. The second kappa shape index (κ2) is 6.29. The zero-order chi connectivity index (χ0) is 13.0. The number of nitrogens with one attached hydrogen (secondary N) is 2. The van der Waals surface area contributed by atoms with Crippen LogP contribution in [0.1, 0.15) is 51.9 Å². The predicted molar refractivity (Wildman–Crippen MR) is 78.0 cm³/mol. The smallest absolute Gasteiger partial charge is 0.240 e. The zero-order valence-electron chi connectivity index (χ0n) is 11.6. The third-order valence-electron chi connectivity index (χ3n) is 4.41. The molecule has 2 N–H and O–H groups in total. The lowest BCUT2D eigenvalue weighted by atomic mass is 9.88. The van der Waals surface area contributed by atoms with Crippen molar-refractivity contribution in [3.05, 3.63) is 0 Å². The van der Waals surface area contributed by atoms with Crippen LogP contribution in [-0.2, 0) is 4.79 Å². The summed E-state index contributed by atoms with van der Waals surface area (Å²) in [5.41, 5.74) is -0.329. The Labute approximate surface area is 115 Å². The van der Waals surface area contributed by atoms with E-state index in [0.717, 1.165) is 37.5 Å². The van der Waals surface area contributed by atoms with Gasteiger partial charge in [-0.3, -0.25) is 4.79 Å². The SMILES string of the molecule is CSC1CCCC(NC(=O)C2(C)CCCCN2)C1. The van der Waals surface area contributed by atoms with Crippen LogP contribution in [0.2, 0.25) is 0 Å². The van der Waals surface area contributed by atoms with E-state index in [1.54, 1.807) is 0 Å². The normalized spacial score (nSPS) is 37.2. The second-order valence-electron chi connectivity index (χ2n) is 5.91. The highest BCUT2D eigenvalue weighted by molar-refractivity contribution is 7.99. The lowest BCUT2D eigenvalue weighted by molar-refractivity contribution is -0.128. The van der Waals surface area contributed by atoms with Gasteiger partial charge in [0.2, 0.25) is 5.91 Å². The molecule has 1 saturated carbocycles. The largest absolute Gasteiger partial charge is 0.352 e. The molecule has 2 rings (SSSR count). The van der Waals surface area contributed by atoms with E-state index >= 15 is 0 Å². The molecule has 18 heavy (non-hydrogen) atoms. The van der Waals surface area contributed by atoms with E-state index in [1.165, 1.54) is 19.3 Å².